The molecule has 1 saturated heterocycles. The van der Waals surface area contributed by atoms with Gasteiger partial charge in [-0.15, -0.1) is 12.4 Å². The maximum absolute atomic E-state index is 11.7. The molecule has 1 aromatic carbocycles. The van der Waals surface area contributed by atoms with Crippen LogP contribution in [0.2, 0.25) is 5.02 Å². The second-order valence-electron chi connectivity index (χ2n) is 4.13. The highest BCUT2D eigenvalue weighted by Crippen LogP contribution is 2.14. The molecule has 3 N–H and O–H groups in total. The first-order valence-corrected chi connectivity index (χ1v) is 6.15. The van der Waals surface area contributed by atoms with Gasteiger partial charge in [-0.1, -0.05) is 17.7 Å². The molecule has 1 heterocycles. The van der Waals surface area contributed by atoms with E-state index >= 15 is 0 Å². The van der Waals surface area contributed by atoms with Crippen LogP contribution in [0.15, 0.2) is 24.3 Å². The third-order valence-electron chi connectivity index (χ3n) is 2.76. The summed E-state index contributed by atoms with van der Waals surface area (Å²) in [6.07, 6.45) is 1.95. The minimum atomic E-state index is -0.167. The fourth-order valence-electron chi connectivity index (χ4n) is 1.89. The Bertz CT molecular complexity index is 395. The fourth-order valence-corrected chi connectivity index (χ4v) is 2.08. The molecule has 4 nitrogen and oxygen atoms in total. The average Bonchev–Trinajstić information content (AvgIpc) is 2.30. The predicted molar refractivity (Wildman–Crippen MR) is 76.7 cm³/mol. The fraction of sp³-hybridized carbons (Fsp3) is 0.417. The quantitative estimate of drug-likeness (QED) is 0.784. The number of hydrogen-bond donors (Lipinski definition) is 3. The summed E-state index contributed by atoms with van der Waals surface area (Å²) in [7, 11) is 0. The Morgan fingerprint density at radius 1 is 1.33 bits per heavy atom. The second kappa shape index (κ2) is 7.46. The first-order valence-electron chi connectivity index (χ1n) is 5.78. The van der Waals surface area contributed by atoms with Crippen molar-refractivity contribution in [2.75, 3.05) is 18.4 Å². The number of carbonyl (C=O) groups is 1. The Balaban J connectivity index is 0.00000162. The Labute approximate surface area is 118 Å². The number of piperidine rings is 1. The van der Waals surface area contributed by atoms with Gasteiger partial charge in [0.05, 0.1) is 0 Å². The van der Waals surface area contributed by atoms with E-state index in [0.717, 1.165) is 25.9 Å². The van der Waals surface area contributed by atoms with E-state index in [4.69, 9.17) is 11.6 Å². The number of nitrogens with one attached hydrogen (secondary N) is 3. The molecule has 0 radical (unpaired) electrons. The van der Waals surface area contributed by atoms with Crippen molar-refractivity contribution >= 4 is 35.7 Å². The number of carbonyl (C=O) groups excluding carboxylic acids is 1. The predicted octanol–water partition coefficient (Wildman–Crippen LogP) is 2.64. The SMILES string of the molecule is Cl.O=C(Nc1cccc(Cl)c1)NC1CCNCC1. The first kappa shape index (κ1) is 15.1. The number of rotatable bonds is 2. The standard InChI is InChI=1S/C12H16ClN3O.ClH/c13-9-2-1-3-11(8-9)16-12(17)15-10-4-6-14-7-5-10;/h1-3,8,10,14H,4-7H2,(H2,15,16,17);1H. The highest BCUT2D eigenvalue weighted by Gasteiger charge is 2.15. The van der Waals surface area contributed by atoms with Crippen LogP contribution in [0.3, 0.4) is 0 Å². The molecular formula is C12H17Cl2N3O. The zero-order chi connectivity index (χ0) is 12.1. The maximum Gasteiger partial charge on any atom is 0.319 e. The Morgan fingerprint density at radius 3 is 2.72 bits per heavy atom. The van der Waals surface area contributed by atoms with Crippen LogP contribution >= 0.6 is 24.0 Å². The van der Waals surface area contributed by atoms with Crippen LogP contribution in [0.25, 0.3) is 0 Å². The molecule has 0 unspecified atom stereocenters. The molecule has 0 saturated carbocycles. The molecular weight excluding hydrogens is 273 g/mol. The van der Waals surface area contributed by atoms with Crippen LogP contribution in [0.5, 0.6) is 0 Å². The van der Waals surface area contributed by atoms with Crippen molar-refractivity contribution in [3.05, 3.63) is 29.3 Å². The van der Waals surface area contributed by atoms with E-state index < -0.39 is 0 Å². The second-order valence-corrected chi connectivity index (χ2v) is 4.57. The third-order valence-corrected chi connectivity index (χ3v) is 2.99. The van der Waals surface area contributed by atoms with Gasteiger partial charge >= 0.3 is 6.03 Å². The minimum absolute atomic E-state index is 0. The van der Waals surface area contributed by atoms with Crippen LogP contribution in [-0.4, -0.2) is 25.2 Å². The third kappa shape index (κ3) is 4.72. The number of urea groups is 1. The van der Waals surface area contributed by atoms with E-state index in [-0.39, 0.29) is 24.5 Å². The summed E-state index contributed by atoms with van der Waals surface area (Å²) >= 11 is 5.84. The minimum Gasteiger partial charge on any atom is -0.335 e. The van der Waals surface area contributed by atoms with Gasteiger partial charge in [-0.2, -0.15) is 0 Å². The summed E-state index contributed by atoms with van der Waals surface area (Å²) in [5.41, 5.74) is 0.712. The summed E-state index contributed by atoms with van der Waals surface area (Å²) in [5, 5.41) is 9.60. The molecule has 2 rings (SSSR count). The molecule has 0 bridgehead atoms. The normalized spacial score (nSPS) is 15.6. The van der Waals surface area contributed by atoms with E-state index in [1.54, 1.807) is 12.1 Å². The van der Waals surface area contributed by atoms with Gasteiger partial charge in [0.2, 0.25) is 0 Å². The highest BCUT2D eigenvalue weighted by molar-refractivity contribution is 6.30. The van der Waals surface area contributed by atoms with E-state index in [2.05, 4.69) is 16.0 Å². The molecule has 1 aliphatic heterocycles. The van der Waals surface area contributed by atoms with Crippen LogP contribution in [-0.2, 0) is 0 Å². The number of anilines is 1. The largest absolute Gasteiger partial charge is 0.335 e. The molecule has 2 amide bonds. The van der Waals surface area contributed by atoms with Gasteiger partial charge in [0.15, 0.2) is 0 Å². The van der Waals surface area contributed by atoms with Gasteiger partial charge in [0, 0.05) is 16.8 Å². The molecule has 1 aliphatic rings. The lowest BCUT2D eigenvalue weighted by Crippen LogP contribution is -2.44. The van der Waals surface area contributed by atoms with Crippen LogP contribution in [0.1, 0.15) is 12.8 Å². The van der Waals surface area contributed by atoms with Crippen molar-refractivity contribution in [1.82, 2.24) is 10.6 Å². The first-order chi connectivity index (χ1) is 8.24. The Kier molecular flexibility index (Phi) is 6.25. The summed E-state index contributed by atoms with van der Waals surface area (Å²) in [6.45, 7) is 1.92. The van der Waals surface area contributed by atoms with Crippen molar-refractivity contribution < 1.29 is 4.79 Å². The molecule has 0 atom stereocenters. The average molecular weight is 290 g/mol. The molecule has 6 heteroatoms. The van der Waals surface area contributed by atoms with Crippen molar-refractivity contribution in [2.24, 2.45) is 0 Å². The summed E-state index contributed by atoms with van der Waals surface area (Å²) < 4.78 is 0. The van der Waals surface area contributed by atoms with E-state index in [1.165, 1.54) is 0 Å². The number of halogens is 2. The van der Waals surface area contributed by atoms with Gasteiger partial charge in [0.25, 0.3) is 0 Å². The zero-order valence-corrected chi connectivity index (χ0v) is 11.5. The van der Waals surface area contributed by atoms with Crippen molar-refractivity contribution in [1.29, 1.82) is 0 Å². The summed E-state index contributed by atoms with van der Waals surface area (Å²) in [5.74, 6) is 0. The molecule has 0 aliphatic carbocycles. The Hall–Kier alpha value is -0.970. The summed E-state index contributed by atoms with van der Waals surface area (Å²) in [6, 6.07) is 7.21. The van der Waals surface area contributed by atoms with Crippen LogP contribution in [0.4, 0.5) is 10.5 Å². The highest BCUT2D eigenvalue weighted by atomic mass is 35.5. The van der Waals surface area contributed by atoms with Crippen LogP contribution < -0.4 is 16.0 Å². The lowest BCUT2D eigenvalue weighted by Gasteiger charge is -2.23. The van der Waals surface area contributed by atoms with E-state index in [1.807, 2.05) is 12.1 Å². The number of amides is 2. The molecule has 0 spiro atoms. The topological polar surface area (TPSA) is 53.2 Å². The molecule has 0 aromatic heterocycles. The smallest absolute Gasteiger partial charge is 0.319 e. The van der Waals surface area contributed by atoms with Crippen LogP contribution in [0, 0.1) is 0 Å². The van der Waals surface area contributed by atoms with Gasteiger partial charge in [-0.05, 0) is 44.1 Å². The molecule has 18 heavy (non-hydrogen) atoms. The lowest BCUT2D eigenvalue weighted by atomic mass is 10.1. The van der Waals surface area contributed by atoms with E-state index in [9.17, 15) is 4.79 Å². The zero-order valence-electron chi connectivity index (χ0n) is 9.91. The van der Waals surface area contributed by atoms with Gasteiger partial charge in [-0.3, -0.25) is 0 Å². The maximum atomic E-state index is 11.7. The molecule has 100 valence electrons. The van der Waals surface area contributed by atoms with Crippen molar-refractivity contribution in [3.8, 4) is 0 Å². The summed E-state index contributed by atoms with van der Waals surface area (Å²) in [4.78, 5) is 11.7. The Morgan fingerprint density at radius 2 is 2.06 bits per heavy atom. The van der Waals surface area contributed by atoms with Gasteiger partial charge < -0.3 is 16.0 Å². The van der Waals surface area contributed by atoms with Gasteiger partial charge in [0.1, 0.15) is 0 Å². The number of benzene rings is 1. The van der Waals surface area contributed by atoms with Crippen molar-refractivity contribution in [3.63, 3.8) is 0 Å². The van der Waals surface area contributed by atoms with E-state index in [0.29, 0.717) is 10.7 Å². The van der Waals surface area contributed by atoms with Gasteiger partial charge in [-0.25, -0.2) is 4.79 Å². The lowest BCUT2D eigenvalue weighted by molar-refractivity contribution is 0.245. The molecule has 1 aromatic rings. The van der Waals surface area contributed by atoms with Crippen molar-refractivity contribution in [2.45, 2.75) is 18.9 Å². The number of hydrogen-bond acceptors (Lipinski definition) is 2. The molecule has 1 fully saturated rings. The monoisotopic (exact) mass is 289 g/mol.